The Labute approximate surface area is 92.2 Å². The van der Waals surface area contributed by atoms with Gasteiger partial charge in [-0.25, -0.2) is 8.78 Å². The van der Waals surface area contributed by atoms with Crippen LogP contribution in [-0.2, 0) is 4.74 Å². The van der Waals surface area contributed by atoms with E-state index >= 15 is 0 Å². The van der Waals surface area contributed by atoms with E-state index in [0.29, 0.717) is 6.42 Å². The second kappa shape index (κ2) is 5.78. The van der Waals surface area contributed by atoms with Crippen LogP contribution in [0.15, 0.2) is 0 Å². The molecule has 0 aliphatic rings. The summed E-state index contributed by atoms with van der Waals surface area (Å²) < 4.78 is 31.8. The molecule has 0 N–H and O–H groups in total. The van der Waals surface area contributed by atoms with Gasteiger partial charge in [0.05, 0.1) is 12.7 Å². The Hall–Kier alpha value is -0.180. The van der Waals surface area contributed by atoms with Crippen LogP contribution in [0.25, 0.3) is 0 Å². The van der Waals surface area contributed by atoms with E-state index in [2.05, 4.69) is 0 Å². The van der Waals surface area contributed by atoms with E-state index in [9.17, 15) is 8.78 Å². The first-order valence-electron chi connectivity index (χ1n) is 5.62. The first-order valence-corrected chi connectivity index (χ1v) is 5.62. The lowest BCUT2D eigenvalue weighted by Crippen LogP contribution is -2.22. The Morgan fingerprint density at radius 1 is 1.00 bits per heavy atom. The Kier molecular flexibility index (Phi) is 5.71. The predicted molar refractivity (Wildman–Crippen MR) is 59.3 cm³/mol. The van der Waals surface area contributed by atoms with Crippen molar-refractivity contribution in [2.75, 3.05) is 6.61 Å². The molecular weight excluding hydrogens is 198 g/mol. The Morgan fingerprint density at radius 3 is 1.93 bits per heavy atom. The quantitative estimate of drug-likeness (QED) is 0.652. The molecule has 0 unspecified atom stereocenters. The third-order valence-corrected chi connectivity index (χ3v) is 2.16. The molecule has 15 heavy (non-hydrogen) atoms. The first-order chi connectivity index (χ1) is 6.62. The molecule has 0 aromatic carbocycles. The maximum absolute atomic E-state index is 13.3. The SMILES string of the molecule is CC(C)OCCC(F)(F)CCC(C)(C)C. The van der Waals surface area contributed by atoms with Crippen molar-refractivity contribution in [1.29, 1.82) is 0 Å². The Balaban J connectivity index is 3.77. The van der Waals surface area contributed by atoms with Crippen LogP contribution in [0.2, 0.25) is 0 Å². The summed E-state index contributed by atoms with van der Waals surface area (Å²) in [4.78, 5) is 0. The summed E-state index contributed by atoms with van der Waals surface area (Å²) in [5.74, 6) is -2.58. The fourth-order valence-corrected chi connectivity index (χ4v) is 1.13. The maximum atomic E-state index is 13.3. The van der Waals surface area contributed by atoms with Crippen molar-refractivity contribution in [2.24, 2.45) is 5.41 Å². The molecule has 0 aliphatic carbocycles. The molecule has 0 aromatic heterocycles. The first kappa shape index (κ1) is 14.8. The molecule has 0 saturated heterocycles. The van der Waals surface area contributed by atoms with Crippen LogP contribution in [0.5, 0.6) is 0 Å². The third-order valence-electron chi connectivity index (χ3n) is 2.16. The average molecular weight is 222 g/mol. The summed E-state index contributed by atoms with van der Waals surface area (Å²) in [7, 11) is 0. The van der Waals surface area contributed by atoms with Crippen LogP contribution in [0, 0.1) is 5.41 Å². The van der Waals surface area contributed by atoms with E-state index in [-0.39, 0.29) is 31.0 Å². The fourth-order valence-electron chi connectivity index (χ4n) is 1.13. The van der Waals surface area contributed by atoms with Gasteiger partial charge >= 0.3 is 0 Å². The monoisotopic (exact) mass is 222 g/mol. The van der Waals surface area contributed by atoms with Crippen LogP contribution in [0.3, 0.4) is 0 Å². The zero-order chi connectivity index (χ0) is 12.1. The second-order valence-corrected chi connectivity index (χ2v) is 5.59. The van der Waals surface area contributed by atoms with Gasteiger partial charge in [-0.05, 0) is 25.7 Å². The lowest BCUT2D eigenvalue weighted by molar-refractivity contribution is -0.0540. The fraction of sp³-hybridized carbons (Fsp3) is 1.00. The normalized spacial score (nSPS) is 13.6. The minimum absolute atomic E-state index is 0.0255. The zero-order valence-electron chi connectivity index (χ0n) is 10.6. The van der Waals surface area contributed by atoms with E-state index < -0.39 is 5.92 Å². The predicted octanol–water partition coefficient (Wildman–Crippen LogP) is 4.26. The molecule has 0 rings (SSSR count). The second-order valence-electron chi connectivity index (χ2n) is 5.59. The molecule has 0 amide bonds. The number of hydrogen-bond donors (Lipinski definition) is 0. The number of ether oxygens (including phenoxy) is 1. The summed E-state index contributed by atoms with van der Waals surface area (Å²) in [5, 5.41) is 0. The number of rotatable bonds is 6. The lowest BCUT2D eigenvalue weighted by atomic mass is 9.88. The molecule has 0 saturated carbocycles. The van der Waals surface area contributed by atoms with Crippen molar-refractivity contribution < 1.29 is 13.5 Å². The van der Waals surface area contributed by atoms with E-state index in [1.54, 1.807) is 0 Å². The molecule has 0 radical (unpaired) electrons. The summed E-state index contributed by atoms with van der Waals surface area (Å²) in [6, 6.07) is 0. The van der Waals surface area contributed by atoms with Gasteiger partial charge in [-0.15, -0.1) is 0 Å². The van der Waals surface area contributed by atoms with Crippen molar-refractivity contribution >= 4 is 0 Å². The standard InChI is InChI=1S/C12H24F2O/c1-10(2)15-9-8-12(13,14)7-6-11(3,4)5/h10H,6-9H2,1-5H3. The van der Waals surface area contributed by atoms with Gasteiger partial charge in [0.15, 0.2) is 0 Å². The smallest absolute Gasteiger partial charge is 0.250 e. The summed E-state index contributed by atoms with van der Waals surface area (Å²) in [5.41, 5.74) is -0.0255. The Bertz CT molecular complexity index is 171. The van der Waals surface area contributed by atoms with Crippen LogP contribution < -0.4 is 0 Å². The number of halogens is 2. The molecular formula is C12H24F2O. The van der Waals surface area contributed by atoms with Gasteiger partial charge in [0.25, 0.3) is 0 Å². The van der Waals surface area contributed by atoms with Gasteiger partial charge < -0.3 is 4.74 Å². The van der Waals surface area contributed by atoms with Crippen LogP contribution in [0.4, 0.5) is 8.78 Å². The van der Waals surface area contributed by atoms with E-state index in [1.165, 1.54) is 0 Å². The van der Waals surface area contributed by atoms with Gasteiger partial charge in [0, 0.05) is 12.8 Å². The highest BCUT2D eigenvalue weighted by atomic mass is 19.3. The summed E-state index contributed by atoms with van der Waals surface area (Å²) in [6.07, 6.45) is 0.365. The summed E-state index contributed by atoms with van der Waals surface area (Å²) in [6.45, 7) is 9.80. The summed E-state index contributed by atoms with van der Waals surface area (Å²) >= 11 is 0. The highest BCUT2D eigenvalue weighted by Crippen LogP contribution is 2.31. The largest absolute Gasteiger partial charge is 0.379 e. The van der Waals surface area contributed by atoms with Gasteiger partial charge in [0.2, 0.25) is 5.92 Å². The maximum Gasteiger partial charge on any atom is 0.250 e. The van der Waals surface area contributed by atoms with Crippen LogP contribution >= 0.6 is 0 Å². The molecule has 0 aromatic rings. The molecule has 0 aliphatic heterocycles. The third kappa shape index (κ3) is 10.1. The van der Waals surface area contributed by atoms with Gasteiger partial charge in [-0.2, -0.15) is 0 Å². The highest BCUT2D eigenvalue weighted by Gasteiger charge is 2.30. The molecule has 92 valence electrons. The molecule has 0 heterocycles. The molecule has 3 heteroatoms. The molecule has 0 spiro atoms. The van der Waals surface area contributed by atoms with Gasteiger partial charge in [-0.1, -0.05) is 20.8 Å². The van der Waals surface area contributed by atoms with Crippen molar-refractivity contribution in [1.82, 2.24) is 0 Å². The molecule has 0 atom stereocenters. The van der Waals surface area contributed by atoms with E-state index in [4.69, 9.17) is 4.74 Å². The topological polar surface area (TPSA) is 9.23 Å². The van der Waals surface area contributed by atoms with Gasteiger partial charge in [-0.3, -0.25) is 0 Å². The van der Waals surface area contributed by atoms with Crippen molar-refractivity contribution in [2.45, 2.75) is 65.9 Å². The number of hydrogen-bond acceptors (Lipinski definition) is 1. The van der Waals surface area contributed by atoms with Crippen molar-refractivity contribution in [3.05, 3.63) is 0 Å². The van der Waals surface area contributed by atoms with E-state index in [1.807, 2.05) is 34.6 Å². The van der Waals surface area contributed by atoms with Crippen LogP contribution in [0.1, 0.15) is 53.9 Å². The number of alkyl halides is 2. The molecule has 0 bridgehead atoms. The minimum atomic E-state index is -2.58. The average Bonchev–Trinajstić information content (AvgIpc) is 1.99. The van der Waals surface area contributed by atoms with Gasteiger partial charge in [0.1, 0.15) is 0 Å². The highest BCUT2D eigenvalue weighted by molar-refractivity contribution is 4.71. The minimum Gasteiger partial charge on any atom is -0.379 e. The van der Waals surface area contributed by atoms with E-state index in [0.717, 1.165) is 0 Å². The molecule has 1 nitrogen and oxygen atoms in total. The van der Waals surface area contributed by atoms with Crippen molar-refractivity contribution in [3.8, 4) is 0 Å². The Morgan fingerprint density at radius 2 is 1.53 bits per heavy atom. The van der Waals surface area contributed by atoms with Crippen molar-refractivity contribution in [3.63, 3.8) is 0 Å². The molecule has 0 fully saturated rings. The van der Waals surface area contributed by atoms with Crippen LogP contribution in [-0.4, -0.2) is 18.6 Å². The zero-order valence-corrected chi connectivity index (χ0v) is 10.6. The lowest BCUT2D eigenvalue weighted by Gasteiger charge is -2.23.